The van der Waals surface area contributed by atoms with Gasteiger partial charge in [-0.25, -0.2) is 9.97 Å². The van der Waals surface area contributed by atoms with Gasteiger partial charge in [0, 0.05) is 31.7 Å². The average Bonchev–Trinajstić information content (AvgIpc) is 2.63. The summed E-state index contributed by atoms with van der Waals surface area (Å²) in [6, 6.07) is 3.97. The first-order valence-electron chi connectivity index (χ1n) is 5.56. The summed E-state index contributed by atoms with van der Waals surface area (Å²) in [6.45, 7) is 4.71. The standard InChI is InChI=1S/C12H17N5/c1-9-7-10(2)15-12(14-9)16(3)8-11-5-6-13-17(11)4/h5-7H,8H2,1-4H3. The third-order valence-electron chi connectivity index (χ3n) is 2.63. The fourth-order valence-electron chi connectivity index (χ4n) is 1.75. The van der Waals surface area contributed by atoms with E-state index in [1.807, 2.05) is 49.7 Å². The Morgan fingerprint density at radius 3 is 2.41 bits per heavy atom. The van der Waals surface area contributed by atoms with E-state index in [1.165, 1.54) is 0 Å². The molecule has 0 saturated heterocycles. The molecular formula is C12H17N5. The number of aryl methyl sites for hydroxylation is 3. The van der Waals surface area contributed by atoms with Crippen LogP contribution in [0.2, 0.25) is 0 Å². The summed E-state index contributed by atoms with van der Waals surface area (Å²) in [5.41, 5.74) is 3.11. The molecule has 2 aromatic rings. The Bertz CT molecular complexity index is 497. The maximum atomic E-state index is 4.43. The van der Waals surface area contributed by atoms with Gasteiger partial charge in [-0.05, 0) is 26.0 Å². The van der Waals surface area contributed by atoms with Gasteiger partial charge in [0.25, 0.3) is 0 Å². The Kier molecular flexibility index (Phi) is 3.08. The summed E-state index contributed by atoms with van der Waals surface area (Å²) in [4.78, 5) is 10.9. The van der Waals surface area contributed by atoms with E-state index in [0.29, 0.717) is 0 Å². The molecule has 0 radical (unpaired) electrons. The third kappa shape index (κ3) is 2.61. The second-order valence-electron chi connectivity index (χ2n) is 4.25. The van der Waals surface area contributed by atoms with E-state index >= 15 is 0 Å². The van der Waals surface area contributed by atoms with Crippen LogP contribution in [-0.2, 0) is 13.6 Å². The molecule has 0 N–H and O–H groups in total. The molecule has 0 aliphatic carbocycles. The molecular weight excluding hydrogens is 214 g/mol. The minimum atomic E-state index is 0.749. The van der Waals surface area contributed by atoms with Gasteiger partial charge >= 0.3 is 0 Å². The predicted molar refractivity (Wildman–Crippen MR) is 66.8 cm³/mol. The van der Waals surface area contributed by atoms with E-state index in [2.05, 4.69) is 15.1 Å². The van der Waals surface area contributed by atoms with Crippen LogP contribution in [-0.4, -0.2) is 26.8 Å². The number of rotatable bonds is 3. The number of anilines is 1. The van der Waals surface area contributed by atoms with Gasteiger partial charge in [0.05, 0.1) is 12.2 Å². The highest BCUT2D eigenvalue weighted by Crippen LogP contribution is 2.11. The molecule has 2 heterocycles. The fraction of sp³-hybridized carbons (Fsp3) is 0.417. The molecule has 0 aliphatic heterocycles. The second kappa shape index (κ2) is 4.53. The molecule has 5 heteroatoms. The van der Waals surface area contributed by atoms with Crippen LogP contribution >= 0.6 is 0 Å². The molecule has 0 aliphatic rings. The first-order valence-corrected chi connectivity index (χ1v) is 5.56. The summed E-state index contributed by atoms with van der Waals surface area (Å²) in [5.74, 6) is 0.753. The first kappa shape index (κ1) is 11.6. The van der Waals surface area contributed by atoms with Gasteiger partial charge in [-0.15, -0.1) is 0 Å². The number of hydrogen-bond acceptors (Lipinski definition) is 4. The van der Waals surface area contributed by atoms with Crippen molar-refractivity contribution >= 4 is 5.95 Å². The van der Waals surface area contributed by atoms with Crippen LogP contribution in [0.15, 0.2) is 18.3 Å². The maximum absolute atomic E-state index is 4.43. The van der Waals surface area contributed by atoms with Crippen molar-refractivity contribution in [1.82, 2.24) is 19.7 Å². The molecule has 90 valence electrons. The molecule has 0 amide bonds. The number of nitrogens with zero attached hydrogens (tertiary/aromatic N) is 5. The quantitative estimate of drug-likeness (QED) is 0.802. The van der Waals surface area contributed by atoms with Crippen molar-refractivity contribution in [1.29, 1.82) is 0 Å². The average molecular weight is 231 g/mol. The molecule has 2 aromatic heterocycles. The molecule has 2 rings (SSSR count). The molecule has 0 aromatic carbocycles. The summed E-state index contributed by atoms with van der Waals surface area (Å²) >= 11 is 0. The SMILES string of the molecule is Cc1cc(C)nc(N(C)Cc2ccnn2C)n1. The lowest BCUT2D eigenvalue weighted by atomic mass is 10.3. The highest BCUT2D eigenvalue weighted by Gasteiger charge is 2.08. The van der Waals surface area contributed by atoms with Crippen LogP contribution < -0.4 is 4.90 Å². The Hall–Kier alpha value is -1.91. The zero-order valence-corrected chi connectivity index (χ0v) is 10.7. The van der Waals surface area contributed by atoms with Crippen molar-refractivity contribution < 1.29 is 0 Å². The lowest BCUT2D eigenvalue weighted by Crippen LogP contribution is -2.21. The Morgan fingerprint density at radius 2 is 1.88 bits per heavy atom. The van der Waals surface area contributed by atoms with Gasteiger partial charge in [-0.2, -0.15) is 5.10 Å². The van der Waals surface area contributed by atoms with Crippen molar-refractivity contribution in [3.8, 4) is 0 Å². The third-order valence-corrected chi connectivity index (χ3v) is 2.63. The van der Waals surface area contributed by atoms with Gasteiger partial charge in [-0.1, -0.05) is 0 Å². The largest absolute Gasteiger partial charge is 0.338 e. The molecule has 0 fully saturated rings. The summed E-state index contributed by atoms with van der Waals surface area (Å²) in [6.07, 6.45) is 1.80. The van der Waals surface area contributed by atoms with Crippen LogP contribution in [0.1, 0.15) is 17.1 Å². The number of aromatic nitrogens is 4. The van der Waals surface area contributed by atoms with Gasteiger partial charge in [0.15, 0.2) is 0 Å². The highest BCUT2D eigenvalue weighted by atomic mass is 15.3. The summed E-state index contributed by atoms with van der Waals surface area (Å²) in [5, 5.41) is 4.15. The van der Waals surface area contributed by atoms with Crippen LogP contribution in [0.25, 0.3) is 0 Å². The Morgan fingerprint density at radius 1 is 1.24 bits per heavy atom. The zero-order valence-electron chi connectivity index (χ0n) is 10.7. The molecule has 0 unspecified atom stereocenters. The van der Waals surface area contributed by atoms with Gasteiger partial charge < -0.3 is 4.90 Å². The van der Waals surface area contributed by atoms with Crippen LogP contribution in [0.3, 0.4) is 0 Å². The molecule has 0 spiro atoms. The van der Waals surface area contributed by atoms with E-state index in [0.717, 1.165) is 29.6 Å². The van der Waals surface area contributed by atoms with Crippen LogP contribution in [0, 0.1) is 13.8 Å². The first-order chi connectivity index (χ1) is 8.06. The second-order valence-corrected chi connectivity index (χ2v) is 4.25. The lowest BCUT2D eigenvalue weighted by molar-refractivity contribution is 0.693. The predicted octanol–water partition coefficient (Wildman–Crippen LogP) is 1.46. The highest BCUT2D eigenvalue weighted by molar-refractivity contribution is 5.31. The monoisotopic (exact) mass is 231 g/mol. The zero-order chi connectivity index (χ0) is 12.4. The molecule has 0 saturated carbocycles. The van der Waals surface area contributed by atoms with Gasteiger partial charge in [-0.3, -0.25) is 4.68 Å². The van der Waals surface area contributed by atoms with Gasteiger partial charge in [0.1, 0.15) is 0 Å². The van der Waals surface area contributed by atoms with Gasteiger partial charge in [0.2, 0.25) is 5.95 Å². The lowest BCUT2D eigenvalue weighted by Gasteiger charge is -2.17. The Labute approximate surface area is 101 Å². The molecule has 0 bridgehead atoms. The van der Waals surface area contributed by atoms with E-state index in [9.17, 15) is 0 Å². The van der Waals surface area contributed by atoms with E-state index < -0.39 is 0 Å². The van der Waals surface area contributed by atoms with Crippen molar-refractivity contribution in [2.75, 3.05) is 11.9 Å². The van der Waals surface area contributed by atoms with Crippen LogP contribution in [0.4, 0.5) is 5.95 Å². The minimum Gasteiger partial charge on any atom is -0.338 e. The van der Waals surface area contributed by atoms with Crippen LogP contribution in [0.5, 0.6) is 0 Å². The topological polar surface area (TPSA) is 46.8 Å². The molecule has 5 nitrogen and oxygen atoms in total. The van der Waals surface area contributed by atoms with Crippen molar-refractivity contribution in [3.63, 3.8) is 0 Å². The minimum absolute atomic E-state index is 0.749. The Balaban J connectivity index is 2.20. The molecule has 17 heavy (non-hydrogen) atoms. The van der Waals surface area contributed by atoms with E-state index in [4.69, 9.17) is 0 Å². The van der Waals surface area contributed by atoms with Crippen molar-refractivity contribution in [3.05, 3.63) is 35.4 Å². The molecule has 0 atom stereocenters. The smallest absolute Gasteiger partial charge is 0.225 e. The maximum Gasteiger partial charge on any atom is 0.225 e. The van der Waals surface area contributed by atoms with E-state index in [1.54, 1.807) is 6.20 Å². The van der Waals surface area contributed by atoms with E-state index in [-0.39, 0.29) is 0 Å². The normalized spacial score (nSPS) is 10.6. The van der Waals surface area contributed by atoms with Crippen molar-refractivity contribution in [2.45, 2.75) is 20.4 Å². The summed E-state index contributed by atoms with van der Waals surface area (Å²) < 4.78 is 1.86. The summed E-state index contributed by atoms with van der Waals surface area (Å²) in [7, 11) is 3.92. The van der Waals surface area contributed by atoms with Crippen molar-refractivity contribution in [2.24, 2.45) is 7.05 Å². The number of hydrogen-bond donors (Lipinski definition) is 0. The fourth-order valence-corrected chi connectivity index (χ4v) is 1.75.